The molecule has 2 aromatic heterocycles. The molecule has 3 N–H and O–H groups in total. The van der Waals surface area contributed by atoms with Crippen LogP contribution >= 0.6 is 11.3 Å². The van der Waals surface area contributed by atoms with E-state index in [1.165, 1.54) is 54.3 Å². The van der Waals surface area contributed by atoms with Crippen LogP contribution in [0.4, 0.5) is 4.39 Å². The number of carbonyl (C=O) groups excluding carboxylic acids is 2. The van der Waals surface area contributed by atoms with Crippen molar-refractivity contribution in [2.45, 2.75) is 10.3 Å². The molecule has 0 unspecified atom stereocenters. The van der Waals surface area contributed by atoms with E-state index in [2.05, 4.69) is 10.3 Å². The third-order valence-corrected chi connectivity index (χ3v) is 11.3. The molecule has 0 aliphatic carbocycles. The Hall–Kier alpha value is -3.28. The molecule has 1 fully saturated rings. The van der Waals surface area contributed by atoms with Gasteiger partial charge in [-0.15, -0.1) is 11.3 Å². The fourth-order valence-corrected chi connectivity index (χ4v) is 8.29. The predicted molar refractivity (Wildman–Crippen MR) is 139 cm³/mol. The van der Waals surface area contributed by atoms with E-state index < -0.39 is 56.0 Å². The summed E-state index contributed by atoms with van der Waals surface area (Å²) in [6, 6.07) is 9.92. The lowest BCUT2D eigenvalue weighted by Crippen LogP contribution is -2.61. The number of rotatable bonds is 9. The second-order valence-electron chi connectivity index (χ2n) is 8.40. The maximum Gasteiger partial charge on any atom is 0.263 e. The number of halogens is 1. The Kier molecular flexibility index (Phi) is 8.73. The molecule has 3 aromatic rings. The van der Waals surface area contributed by atoms with Crippen molar-refractivity contribution in [2.24, 2.45) is 0 Å². The van der Waals surface area contributed by atoms with Crippen LogP contribution < -0.4 is 10.8 Å². The number of hydrogen-bond donors (Lipinski definition) is 3. The van der Waals surface area contributed by atoms with Crippen LogP contribution in [0.1, 0.15) is 10.4 Å². The highest BCUT2D eigenvalue weighted by molar-refractivity contribution is 7.91. The van der Waals surface area contributed by atoms with Gasteiger partial charge in [-0.25, -0.2) is 26.7 Å². The van der Waals surface area contributed by atoms with E-state index in [0.717, 1.165) is 19.9 Å². The van der Waals surface area contributed by atoms with Crippen LogP contribution in [0.2, 0.25) is 0 Å². The van der Waals surface area contributed by atoms with Gasteiger partial charge in [-0.2, -0.15) is 8.61 Å². The first-order valence-electron chi connectivity index (χ1n) is 11.5. The summed E-state index contributed by atoms with van der Waals surface area (Å²) in [5, 5.41) is 11.7. The van der Waals surface area contributed by atoms with Gasteiger partial charge in [0.25, 0.3) is 21.8 Å². The summed E-state index contributed by atoms with van der Waals surface area (Å²) in [4.78, 5) is 29.0. The highest BCUT2D eigenvalue weighted by Gasteiger charge is 2.43. The molecule has 0 spiro atoms. The number of benzene rings is 1. The molecular formula is C23H24FN5O7S3. The maximum absolute atomic E-state index is 13.4. The number of piperazine rings is 1. The number of thiophene rings is 1. The Bertz CT molecular complexity index is 1550. The summed E-state index contributed by atoms with van der Waals surface area (Å²) < 4.78 is 67.7. The standard InChI is InChI=1S/C23H24FN5O7S3/c24-18-5-3-16(4-6-18)20-7-8-21(37-20)39(35,36)29-12-11-28(15-19(29)23(31)27-32)38(33,34)13-10-26-22(30)17-2-1-9-25-14-17/h1-9,14,19,32H,10-13,15H2,(H,26,30)(H,27,31)/t19-/m1/s1. The summed E-state index contributed by atoms with van der Waals surface area (Å²) in [5.74, 6) is -2.54. The number of hydrogen-bond acceptors (Lipinski definition) is 9. The third kappa shape index (κ3) is 6.48. The number of sulfonamides is 2. The second-order valence-corrected chi connectivity index (χ2v) is 13.7. The van der Waals surface area contributed by atoms with Crippen LogP contribution in [-0.2, 0) is 24.8 Å². The van der Waals surface area contributed by atoms with Crippen LogP contribution in [0.5, 0.6) is 0 Å². The smallest absolute Gasteiger partial charge is 0.263 e. The quantitative estimate of drug-likeness (QED) is 0.242. The van der Waals surface area contributed by atoms with E-state index in [-0.39, 0.29) is 29.4 Å². The van der Waals surface area contributed by atoms with Crippen LogP contribution in [-0.4, -0.2) is 85.4 Å². The fourth-order valence-electron chi connectivity index (χ4n) is 3.94. The summed E-state index contributed by atoms with van der Waals surface area (Å²) in [5.41, 5.74) is 2.26. The Morgan fingerprint density at radius 2 is 1.82 bits per heavy atom. The van der Waals surface area contributed by atoms with Crippen molar-refractivity contribution in [3.63, 3.8) is 0 Å². The van der Waals surface area contributed by atoms with Gasteiger partial charge in [0.15, 0.2) is 0 Å². The van der Waals surface area contributed by atoms with E-state index >= 15 is 0 Å². The zero-order valence-corrected chi connectivity index (χ0v) is 22.7. The Balaban J connectivity index is 1.47. The number of carbonyl (C=O) groups is 2. The molecule has 12 nitrogen and oxygen atoms in total. The zero-order chi connectivity index (χ0) is 28.2. The van der Waals surface area contributed by atoms with E-state index in [9.17, 15) is 36.0 Å². The van der Waals surface area contributed by atoms with Crippen molar-refractivity contribution in [1.82, 2.24) is 24.4 Å². The molecule has 4 rings (SSSR count). The average Bonchev–Trinajstić information content (AvgIpc) is 3.44. The highest BCUT2D eigenvalue weighted by Crippen LogP contribution is 2.34. The summed E-state index contributed by atoms with van der Waals surface area (Å²) in [6.45, 7) is -1.37. The fraction of sp³-hybridized carbons (Fsp3) is 0.261. The van der Waals surface area contributed by atoms with E-state index in [1.807, 2.05) is 0 Å². The van der Waals surface area contributed by atoms with Crippen LogP contribution in [0.15, 0.2) is 65.1 Å². The number of hydroxylamine groups is 1. The summed E-state index contributed by atoms with van der Waals surface area (Å²) in [6.07, 6.45) is 2.82. The van der Waals surface area contributed by atoms with Gasteiger partial charge < -0.3 is 5.32 Å². The van der Waals surface area contributed by atoms with Crippen molar-refractivity contribution >= 4 is 43.2 Å². The minimum absolute atomic E-state index is 0.105. The number of nitrogens with zero attached hydrogens (tertiary/aromatic N) is 3. The van der Waals surface area contributed by atoms with Gasteiger partial charge in [-0.3, -0.25) is 19.8 Å². The molecule has 0 bridgehead atoms. The molecule has 1 saturated heterocycles. The van der Waals surface area contributed by atoms with Crippen molar-refractivity contribution in [1.29, 1.82) is 0 Å². The molecule has 0 saturated carbocycles. The van der Waals surface area contributed by atoms with E-state index in [0.29, 0.717) is 10.4 Å². The highest BCUT2D eigenvalue weighted by atomic mass is 32.2. The number of pyridine rings is 1. The third-order valence-electron chi connectivity index (χ3n) is 5.94. The minimum Gasteiger partial charge on any atom is -0.351 e. The lowest BCUT2D eigenvalue weighted by Gasteiger charge is -2.38. The number of amides is 2. The summed E-state index contributed by atoms with van der Waals surface area (Å²) >= 11 is 0.909. The molecule has 1 aliphatic rings. The van der Waals surface area contributed by atoms with Gasteiger partial charge in [-0.05, 0) is 42.0 Å². The van der Waals surface area contributed by atoms with Crippen molar-refractivity contribution < 1.29 is 36.0 Å². The first kappa shape index (κ1) is 28.7. The van der Waals surface area contributed by atoms with Crippen molar-refractivity contribution in [3.05, 3.63) is 72.3 Å². The second kappa shape index (κ2) is 11.8. The van der Waals surface area contributed by atoms with Gasteiger partial charge in [0, 0.05) is 43.4 Å². The molecule has 0 radical (unpaired) electrons. The Labute approximate surface area is 228 Å². The van der Waals surface area contributed by atoms with E-state index in [1.54, 1.807) is 12.1 Å². The average molecular weight is 598 g/mol. The normalized spacial score (nSPS) is 17.0. The molecule has 3 heterocycles. The van der Waals surface area contributed by atoms with Gasteiger partial charge in [0.05, 0.1) is 11.3 Å². The predicted octanol–water partition coefficient (Wildman–Crippen LogP) is 0.889. The van der Waals surface area contributed by atoms with Gasteiger partial charge in [-0.1, -0.05) is 12.1 Å². The Morgan fingerprint density at radius 1 is 1.08 bits per heavy atom. The molecule has 1 atom stereocenters. The molecule has 16 heteroatoms. The van der Waals surface area contributed by atoms with Gasteiger partial charge in [0.2, 0.25) is 10.0 Å². The largest absolute Gasteiger partial charge is 0.351 e. The summed E-state index contributed by atoms with van der Waals surface area (Å²) in [7, 11) is -8.28. The zero-order valence-electron chi connectivity index (χ0n) is 20.2. The van der Waals surface area contributed by atoms with E-state index in [4.69, 9.17) is 0 Å². The molecule has 1 aromatic carbocycles. The molecule has 39 heavy (non-hydrogen) atoms. The minimum atomic E-state index is -4.27. The van der Waals surface area contributed by atoms with Crippen LogP contribution in [0.3, 0.4) is 0 Å². The first-order valence-corrected chi connectivity index (χ1v) is 15.4. The molecule has 2 amide bonds. The van der Waals surface area contributed by atoms with Crippen molar-refractivity contribution in [2.75, 3.05) is 31.9 Å². The van der Waals surface area contributed by atoms with Gasteiger partial charge in [0.1, 0.15) is 16.1 Å². The van der Waals surface area contributed by atoms with Gasteiger partial charge >= 0.3 is 0 Å². The molecule has 208 valence electrons. The topological polar surface area (TPSA) is 166 Å². The lowest BCUT2D eigenvalue weighted by atomic mass is 10.2. The lowest BCUT2D eigenvalue weighted by molar-refractivity contribution is -0.134. The Morgan fingerprint density at radius 3 is 2.49 bits per heavy atom. The SMILES string of the molecule is O=C(NCCS(=O)(=O)N1CCN(S(=O)(=O)c2ccc(-c3ccc(F)cc3)s2)[C@@H](C(=O)NO)C1)c1cccnc1. The molecular weight excluding hydrogens is 573 g/mol. The maximum atomic E-state index is 13.4. The molecule has 1 aliphatic heterocycles. The number of aromatic nitrogens is 1. The van der Waals surface area contributed by atoms with Crippen LogP contribution in [0.25, 0.3) is 10.4 Å². The number of nitrogens with one attached hydrogen (secondary N) is 2. The van der Waals surface area contributed by atoms with Crippen LogP contribution in [0, 0.1) is 5.82 Å². The first-order chi connectivity index (χ1) is 18.5. The van der Waals surface area contributed by atoms with Crippen molar-refractivity contribution in [3.8, 4) is 10.4 Å². The monoisotopic (exact) mass is 597 g/mol.